The summed E-state index contributed by atoms with van der Waals surface area (Å²) >= 11 is 0. The lowest BCUT2D eigenvalue weighted by Crippen LogP contribution is -2.55. The van der Waals surface area contributed by atoms with E-state index in [1.165, 1.54) is 4.90 Å². The Bertz CT molecular complexity index is 516. The first-order valence-corrected chi connectivity index (χ1v) is 7.11. The highest BCUT2D eigenvalue weighted by molar-refractivity contribution is 5.85. The molecular weight excluding hydrogens is 268 g/mol. The summed E-state index contributed by atoms with van der Waals surface area (Å²) in [7, 11) is 1.66. The fourth-order valence-electron chi connectivity index (χ4n) is 2.17. The van der Waals surface area contributed by atoms with E-state index >= 15 is 0 Å². The molecule has 0 spiro atoms. The fourth-order valence-corrected chi connectivity index (χ4v) is 2.17. The van der Waals surface area contributed by atoms with E-state index in [-0.39, 0.29) is 6.03 Å². The van der Waals surface area contributed by atoms with Gasteiger partial charge in [0.2, 0.25) is 0 Å². The van der Waals surface area contributed by atoms with Crippen LogP contribution in [0.5, 0.6) is 0 Å². The van der Waals surface area contributed by atoms with Crippen LogP contribution in [0.2, 0.25) is 0 Å². The van der Waals surface area contributed by atoms with Crippen LogP contribution in [0.15, 0.2) is 24.3 Å². The van der Waals surface area contributed by atoms with Crippen molar-refractivity contribution in [2.45, 2.75) is 45.7 Å². The number of benzene rings is 1. The molecule has 0 radical (unpaired) electrons. The van der Waals surface area contributed by atoms with Crippen molar-refractivity contribution >= 4 is 12.0 Å². The van der Waals surface area contributed by atoms with E-state index in [1.807, 2.05) is 38.1 Å². The number of carboxylic acids is 1. The third-order valence-corrected chi connectivity index (χ3v) is 3.62. The maximum absolute atomic E-state index is 12.2. The molecule has 1 rings (SSSR count). The van der Waals surface area contributed by atoms with Crippen molar-refractivity contribution in [3.63, 3.8) is 0 Å². The Morgan fingerprint density at radius 2 is 1.95 bits per heavy atom. The van der Waals surface area contributed by atoms with E-state index in [2.05, 4.69) is 5.32 Å². The minimum Gasteiger partial charge on any atom is -0.480 e. The number of hydrogen-bond acceptors (Lipinski definition) is 2. The summed E-state index contributed by atoms with van der Waals surface area (Å²) in [6, 6.07) is 7.44. The Morgan fingerprint density at radius 3 is 2.48 bits per heavy atom. The Balaban J connectivity index is 2.74. The number of aliphatic carboxylic acids is 1. The van der Waals surface area contributed by atoms with Gasteiger partial charge < -0.3 is 15.3 Å². The lowest BCUT2D eigenvalue weighted by molar-refractivity contribution is -0.144. The van der Waals surface area contributed by atoms with E-state index < -0.39 is 11.5 Å². The van der Waals surface area contributed by atoms with Gasteiger partial charge in [-0.05, 0) is 31.4 Å². The van der Waals surface area contributed by atoms with Gasteiger partial charge in [-0.15, -0.1) is 0 Å². The third kappa shape index (κ3) is 4.48. The van der Waals surface area contributed by atoms with E-state index in [9.17, 15) is 14.7 Å². The van der Waals surface area contributed by atoms with Crippen molar-refractivity contribution in [2.24, 2.45) is 0 Å². The van der Waals surface area contributed by atoms with Gasteiger partial charge >= 0.3 is 12.0 Å². The van der Waals surface area contributed by atoms with Crippen molar-refractivity contribution in [3.8, 4) is 0 Å². The molecule has 5 nitrogen and oxygen atoms in total. The first-order valence-electron chi connectivity index (χ1n) is 7.11. The number of nitrogens with one attached hydrogen (secondary N) is 1. The molecule has 1 aromatic rings. The summed E-state index contributed by atoms with van der Waals surface area (Å²) in [6.45, 7) is 5.86. The van der Waals surface area contributed by atoms with E-state index in [1.54, 1.807) is 14.0 Å². The van der Waals surface area contributed by atoms with Crippen LogP contribution < -0.4 is 5.32 Å². The summed E-state index contributed by atoms with van der Waals surface area (Å²) in [5.74, 6) is -1.01. The fraction of sp³-hybridized carbons (Fsp3) is 0.500. The molecule has 0 fully saturated rings. The van der Waals surface area contributed by atoms with Crippen molar-refractivity contribution < 1.29 is 14.7 Å². The van der Waals surface area contributed by atoms with Crippen LogP contribution in [0.1, 0.15) is 37.8 Å². The molecule has 1 aromatic carbocycles. The lowest BCUT2D eigenvalue weighted by Gasteiger charge is -2.29. The zero-order chi connectivity index (χ0) is 16.0. The van der Waals surface area contributed by atoms with Crippen molar-refractivity contribution in [2.75, 3.05) is 7.05 Å². The zero-order valence-corrected chi connectivity index (χ0v) is 13.1. The second-order valence-electron chi connectivity index (χ2n) is 5.60. The molecular formula is C16H24N2O3. The average Bonchev–Trinajstić information content (AvgIpc) is 2.41. The lowest BCUT2D eigenvalue weighted by atomic mass is 9.96. The van der Waals surface area contributed by atoms with E-state index in [4.69, 9.17) is 0 Å². The van der Waals surface area contributed by atoms with Crippen molar-refractivity contribution in [3.05, 3.63) is 35.4 Å². The molecule has 0 aliphatic rings. The van der Waals surface area contributed by atoms with Crippen LogP contribution in [-0.4, -0.2) is 34.6 Å². The van der Waals surface area contributed by atoms with Crippen LogP contribution in [0, 0.1) is 6.92 Å². The highest BCUT2D eigenvalue weighted by Gasteiger charge is 2.34. The summed E-state index contributed by atoms with van der Waals surface area (Å²) < 4.78 is 0. The summed E-state index contributed by atoms with van der Waals surface area (Å²) in [6.07, 6.45) is 1.08. The molecule has 0 heterocycles. The van der Waals surface area contributed by atoms with Crippen molar-refractivity contribution in [1.82, 2.24) is 10.2 Å². The molecule has 0 aliphatic carbocycles. The second-order valence-corrected chi connectivity index (χ2v) is 5.60. The van der Waals surface area contributed by atoms with Crippen LogP contribution in [0.4, 0.5) is 4.79 Å². The van der Waals surface area contributed by atoms with Gasteiger partial charge in [0.25, 0.3) is 0 Å². The largest absolute Gasteiger partial charge is 0.480 e. The molecule has 2 amide bonds. The van der Waals surface area contributed by atoms with Crippen LogP contribution in [0.3, 0.4) is 0 Å². The van der Waals surface area contributed by atoms with Gasteiger partial charge in [-0.3, -0.25) is 0 Å². The quantitative estimate of drug-likeness (QED) is 0.847. The second kappa shape index (κ2) is 7.11. The van der Waals surface area contributed by atoms with Gasteiger partial charge in [0.15, 0.2) is 0 Å². The van der Waals surface area contributed by atoms with Crippen LogP contribution >= 0.6 is 0 Å². The molecule has 0 bridgehead atoms. The maximum Gasteiger partial charge on any atom is 0.329 e. The molecule has 2 N–H and O–H groups in total. The molecule has 1 atom stereocenters. The number of carbonyl (C=O) groups excluding carboxylic acids is 1. The van der Waals surface area contributed by atoms with E-state index in [0.29, 0.717) is 19.4 Å². The number of amides is 2. The molecule has 0 aliphatic heterocycles. The van der Waals surface area contributed by atoms with Crippen LogP contribution in [-0.2, 0) is 11.3 Å². The molecule has 0 aromatic heterocycles. The predicted octanol–water partition coefficient (Wildman–Crippen LogP) is 2.78. The van der Waals surface area contributed by atoms with Crippen LogP contribution in [0.25, 0.3) is 0 Å². The molecule has 1 unspecified atom stereocenters. The third-order valence-electron chi connectivity index (χ3n) is 3.62. The molecule has 0 saturated heterocycles. The number of urea groups is 1. The Labute approximate surface area is 126 Å². The molecule has 0 saturated carbocycles. The zero-order valence-electron chi connectivity index (χ0n) is 13.1. The Kier molecular flexibility index (Phi) is 5.76. The monoisotopic (exact) mass is 292 g/mol. The maximum atomic E-state index is 12.2. The number of carboxylic acid groups (broad SMARTS) is 1. The van der Waals surface area contributed by atoms with Gasteiger partial charge in [0.1, 0.15) is 5.54 Å². The Hall–Kier alpha value is -2.04. The van der Waals surface area contributed by atoms with Gasteiger partial charge in [0.05, 0.1) is 0 Å². The standard InChI is InChI=1S/C16H24N2O3/c1-5-10-16(3,14(19)20)17-15(21)18(4)11-13-9-7-6-8-12(13)2/h6-9H,5,10-11H2,1-4H3,(H,17,21)(H,19,20). The first kappa shape index (κ1) is 17.0. The number of aryl methyl sites for hydroxylation is 1. The highest BCUT2D eigenvalue weighted by atomic mass is 16.4. The number of hydrogen-bond donors (Lipinski definition) is 2. The Morgan fingerprint density at radius 1 is 1.33 bits per heavy atom. The minimum atomic E-state index is -1.23. The molecule has 5 heteroatoms. The summed E-state index contributed by atoms with van der Waals surface area (Å²) in [5.41, 5.74) is 0.917. The normalized spacial score (nSPS) is 13.3. The summed E-state index contributed by atoms with van der Waals surface area (Å²) in [4.78, 5) is 25.1. The first-order chi connectivity index (χ1) is 9.80. The highest BCUT2D eigenvalue weighted by Crippen LogP contribution is 2.14. The molecule has 116 valence electrons. The number of nitrogens with zero attached hydrogens (tertiary/aromatic N) is 1. The summed E-state index contributed by atoms with van der Waals surface area (Å²) in [5, 5.41) is 11.9. The molecule has 21 heavy (non-hydrogen) atoms. The minimum absolute atomic E-state index is 0.378. The average molecular weight is 292 g/mol. The van der Waals surface area contributed by atoms with Crippen molar-refractivity contribution in [1.29, 1.82) is 0 Å². The van der Waals surface area contributed by atoms with E-state index in [0.717, 1.165) is 11.1 Å². The topological polar surface area (TPSA) is 69.6 Å². The van der Waals surface area contributed by atoms with Gasteiger partial charge in [-0.2, -0.15) is 0 Å². The van der Waals surface area contributed by atoms with Gasteiger partial charge in [0, 0.05) is 13.6 Å². The van der Waals surface area contributed by atoms with Gasteiger partial charge in [-0.1, -0.05) is 37.6 Å². The smallest absolute Gasteiger partial charge is 0.329 e. The van der Waals surface area contributed by atoms with Gasteiger partial charge in [-0.25, -0.2) is 9.59 Å². The number of rotatable bonds is 6. The number of carbonyl (C=O) groups is 2. The SMILES string of the molecule is CCCC(C)(NC(=O)N(C)Cc1ccccc1C)C(=O)O. The predicted molar refractivity (Wildman–Crippen MR) is 82.1 cm³/mol.